The van der Waals surface area contributed by atoms with Crippen LogP contribution in [0.25, 0.3) is 10.8 Å². The maximum atomic E-state index is 12.7. The van der Waals surface area contributed by atoms with E-state index in [2.05, 4.69) is 5.32 Å². The van der Waals surface area contributed by atoms with Crippen molar-refractivity contribution in [3.8, 4) is 5.75 Å². The van der Waals surface area contributed by atoms with E-state index < -0.39 is 54.6 Å². The lowest BCUT2D eigenvalue weighted by atomic mass is 9.95. The number of alkyl halides is 1. The number of carbonyl (C=O) groups is 4. The monoisotopic (exact) mass is 549 g/mol. The first-order chi connectivity index (χ1) is 18.1. The number of rotatable bonds is 7. The average molecular weight is 550 g/mol. The third kappa shape index (κ3) is 5.48. The number of anilines is 1. The number of nitrogens with one attached hydrogen (secondary N) is 1. The van der Waals surface area contributed by atoms with Crippen LogP contribution in [0, 0.1) is 0 Å². The fourth-order valence-corrected chi connectivity index (χ4v) is 5.08. The van der Waals surface area contributed by atoms with Gasteiger partial charge in [0.2, 0.25) is 12.4 Å². The van der Waals surface area contributed by atoms with Crippen molar-refractivity contribution in [2.75, 3.05) is 24.9 Å². The number of esters is 4. The van der Waals surface area contributed by atoms with Crippen molar-refractivity contribution in [1.29, 1.82) is 0 Å². The Morgan fingerprint density at radius 3 is 2.16 bits per heavy atom. The first kappa shape index (κ1) is 27.5. The van der Waals surface area contributed by atoms with Crippen molar-refractivity contribution in [2.24, 2.45) is 0 Å². The molecule has 0 aliphatic carbocycles. The minimum atomic E-state index is -1.55. The van der Waals surface area contributed by atoms with Gasteiger partial charge < -0.3 is 33.7 Å². The minimum absolute atomic E-state index is 0.0897. The van der Waals surface area contributed by atoms with Crippen LogP contribution in [0.4, 0.5) is 5.69 Å². The Hall–Kier alpha value is -3.57. The molecule has 2 aromatic carbocycles. The summed E-state index contributed by atoms with van der Waals surface area (Å²) >= 11 is 6.20. The maximum absolute atomic E-state index is 12.7. The van der Waals surface area contributed by atoms with Gasteiger partial charge >= 0.3 is 23.9 Å². The third-order valence-corrected chi connectivity index (χ3v) is 6.63. The molecule has 6 atom stereocenters. The maximum Gasteiger partial charge on any atom is 0.339 e. The Morgan fingerprint density at radius 2 is 1.55 bits per heavy atom. The Balaban J connectivity index is 1.81. The molecule has 0 aromatic heterocycles. The molecule has 204 valence electrons. The summed E-state index contributed by atoms with van der Waals surface area (Å²) < 4.78 is 33.2. The highest BCUT2D eigenvalue weighted by Crippen LogP contribution is 2.43. The largest absolute Gasteiger partial charge is 0.467 e. The van der Waals surface area contributed by atoms with Gasteiger partial charge in [0.25, 0.3) is 0 Å². The molecule has 0 spiro atoms. The zero-order valence-corrected chi connectivity index (χ0v) is 22.0. The number of benzene rings is 2. The number of hydrogen-bond donors (Lipinski definition) is 1. The fourth-order valence-electron chi connectivity index (χ4n) is 4.81. The third-order valence-electron chi connectivity index (χ3n) is 6.26. The van der Waals surface area contributed by atoms with Crippen LogP contribution in [0.2, 0.25) is 0 Å². The van der Waals surface area contributed by atoms with Gasteiger partial charge in [0.1, 0.15) is 5.75 Å². The zero-order valence-electron chi connectivity index (χ0n) is 21.2. The SMILES string of the molecule is COC(=O)[C@H]1O[C@@H](Oc2cc3c(c4ccccc24)[C@H](CCl)CN3)[C@H](OC(C)=O)[C@@H](OC(C)=O)[C@@H]1OC(C)=O. The lowest BCUT2D eigenvalue weighted by molar-refractivity contribution is -0.282. The summed E-state index contributed by atoms with van der Waals surface area (Å²) in [5.41, 5.74) is 1.85. The molecule has 2 aliphatic rings. The molecule has 0 saturated carbocycles. The van der Waals surface area contributed by atoms with Crippen LogP contribution in [0.5, 0.6) is 5.75 Å². The highest BCUT2D eigenvalue weighted by molar-refractivity contribution is 6.18. The van der Waals surface area contributed by atoms with Crippen molar-refractivity contribution < 1.29 is 47.6 Å². The Bertz CT molecular complexity index is 1250. The molecule has 0 radical (unpaired) electrons. The van der Waals surface area contributed by atoms with Gasteiger partial charge in [-0.25, -0.2) is 4.79 Å². The highest BCUT2D eigenvalue weighted by Gasteiger charge is 2.56. The molecule has 0 unspecified atom stereocenters. The lowest BCUT2D eigenvalue weighted by Crippen LogP contribution is -2.64. The van der Waals surface area contributed by atoms with Gasteiger partial charge in [-0.05, 0) is 10.9 Å². The second kappa shape index (κ2) is 11.4. The standard InChI is InChI=1S/C26H28ClNO10/c1-12(29)34-21-22(35-13(2)30)24(36-14(3)31)26(38-23(21)25(32)33-4)37-19-9-18-20(15(10-27)11-28-18)17-8-6-5-7-16(17)19/h5-9,15,21-24,26,28H,10-11H2,1-4H3/t15-,21+,22+,23+,24-,26-/m1/s1. The van der Waals surface area contributed by atoms with Crippen molar-refractivity contribution in [1.82, 2.24) is 0 Å². The molecule has 4 rings (SSSR count). The van der Waals surface area contributed by atoms with Crippen LogP contribution >= 0.6 is 11.6 Å². The summed E-state index contributed by atoms with van der Waals surface area (Å²) in [6, 6.07) is 9.28. The number of methoxy groups -OCH3 is 1. The number of carbonyl (C=O) groups excluding carboxylic acids is 4. The van der Waals surface area contributed by atoms with E-state index in [9.17, 15) is 19.2 Å². The normalized spacial score (nSPS) is 26.0. The van der Waals surface area contributed by atoms with Crippen LogP contribution in [0.15, 0.2) is 30.3 Å². The zero-order chi connectivity index (χ0) is 27.6. The number of fused-ring (bicyclic) bond motifs is 3. The summed E-state index contributed by atoms with van der Waals surface area (Å²) in [6.07, 6.45) is -7.33. The Kier molecular flexibility index (Phi) is 8.27. The molecule has 12 heteroatoms. The van der Waals surface area contributed by atoms with Crippen molar-refractivity contribution in [3.63, 3.8) is 0 Å². The van der Waals surface area contributed by atoms with E-state index in [0.29, 0.717) is 18.2 Å². The molecule has 2 heterocycles. The van der Waals surface area contributed by atoms with Crippen molar-refractivity contribution in [3.05, 3.63) is 35.9 Å². The molecule has 1 fully saturated rings. The lowest BCUT2D eigenvalue weighted by Gasteiger charge is -2.43. The average Bonchev–Trinajstić information content (AvgIpc) is 3.29. The summed E-state index contributed by atoms with van der Waals surface area (Å²) in [7, 11) is 1.12. The molecule has 38 heavy (non-hydrogen) atoms. The first-order valence-corrected chi connectivity index (χ1v) is 12.4. The fraction of sp³-hybridized carbons (Fsp3) is 0.462. The van der Waals surface area contributed by atoms with Crippen LogP contribution in [0.3, 0.4) is 0 Å². The van der Waals surface area contributed by atoms with Gasteiger partial charge in [-0.15, -0.1) is 11.6 Å². The second-order valence-electron chi connectivity index (χ2n) is 8.90. The Labute approximate surface area is 223 Å². The predicted molar refractivity (Wildman–Crippen MR) is 134 cm³/mol. The van der Waals surface area contributed by atoms with Gasteiger partial charge in [0.05, 0.1) is 7.11 Å². The van der Waals surface area contributed by atoms with E-state index >= 15 is 0 Å². The first-order valence-electron chi connectivity index (χ1n) is 11.9. The van der Waals surface area contributed by atoms with E-state index in [1.807, 2.05) is 24.3 Å². The summed E-state index contributed by atoms with van der Waals surface area (Å²) in [5, 5.41) is 4.94. The van der Waals surface area contributed by atoms with Crippen molar-refractivity contribution >= 4 is 51.9 Å². The topological polar surface area (TPSA) is 136 Å². The van der Waals surface area contributed by atoms with Gasteiger partial charge in [0.15, 0.2) is 18.3 Å². The van der Waals surface area contributed by atoms with Gasteiger partial charge in [0, 0.05) is 56.3 Å². The van der Waals surface area contributed by atoms with Crippen LogP contribution < -0.4 is 10.1 Å². The highest BCUT2D eigenvalue weighted by atomic mass is 35.5. The van der Waals surface area contributed by atoms with Gasteiger partial charge in [-0.2, -0.15) is 0 Å². The molecule has 1 saturated heterocycles. The van der Waals surface area contributed by atoms with Crippen molar-refractivity contribution in [2.45, 2.75) is 57.4 Å². The molecule has 2 aromatic rings. The number of ether oxygens (including phenoxy) is 6. The smallest absolute Gasteiger partial charge is 0.339 e. The summed E-state index contributed by atoms with van der Waals surface area (Å²) in [6.45, 7) is 4.03. The van der Waals surface area contributed by atoms with E-state index in [0.717, 1.165) is 49.9 Å². The molecule has 1 N–H and O–H groups in total. The second-order valence-corrected chi connectivity index (χ2v) is 9.21. The van der Waals surface area contributed by atoms with E-state index in [-0.39, 0.29) is 5.92 Å². The Morgan fingerprint density at radius 1 is 0.947 bits per heavy atom. The molecule has 11 nitrogen and oxygen atoms in total. The molecule has 0 amide bonds. The van der Waals surface area contributed by atoms with Crippen LogP contribution in [-0.4, -0.2) is 74.1 Å². The predicted octanol–water partition coefficient (Wildman–Crippen LogP) is 2.66. The molecular formula is C26H28ClNO10. The number of hydrogen-bond acceptors (Lipinski definition) is 11. The van der Waals surface area contributed by atoms with Crippen LogP contribution in [-0.2, 0) is 42.9 Å². The summed E-state index contributed by atoms with van der Waals surface area (Å²) in [5.74, 6) is -2.34. The number of halogens is 1. The van der Waals surface area contributed by atoms with E-state index in [1.54, 1.807) is 6.07 Å². The summed E-state index contributed by atoms with van der Waals surface area (Å²) in [4.78, 5) is 48.7. The van der Waals surface area contributed by atoms with E-state index in [1.165, 1.54) is 0 Å². The molecular weight excluding hydrogens is 522 g/mol. The molecule has 2 aliphatic heterocycles. The molecule has 0 bridgehead atoms. The van der Waals surface area contributed by atoms with Gasteiger partial charge in [-0.3, -0.25) is 14.4 Å². The van der Waals surface area contributed by atoms with Crippen LogP contribution in [0.1, 0.15) is 32.3 Å². The van der Waals surface area contributed by atoms with Gasteiger partial charge in [-0.1, -0.05) is 24.3 Å². The van der Waals surface area contributed by atoms with E-state index in [4.69, 9.17) is 40.0 Å². The minimum Gasteiger partial charge on any atom is -0.467 e. The quantitative estimate of drug-likeness (QED) is 0.310.